The minimum atomic E-state index is -0.596. The third-order valence-corrected chi connectivity index (χ3v) is 7.00. The zero-order valence-corrected chi connectivity index (χ0v) is 22.8. The molecule has 38 heavy (non-hydrogen) atoms. The summed E-state index contributed by atoms with van der Waals surface area (Å²) in [6, 6.07) is 11.5. The van der Waals surface area contributed by atoms with Gasteiger partial charge in [0.2, 0.25) is 5.91 Å². The minimum absolute atomic E-state index is 0.00777. The molecule has 4 rings (SSSR count). The summed E-state index contributed by atoms with van der Waals surface area (Å²) in [4.78, 5) is 37.8. The first-order valence-corrected chi connectivity index (χ1v) is 13.7. The molecule has 1 unspecified atom stereocenters. The Morgan fingerprint density at radius 2 is 1.82 bits per heavy atom. The normalized spacial score (nSPS) is 22.3. The average Bonchev–Trinajstić information content (AvgIpc) is 3.56. The van der Waals surface area contributed by atoms with Crippen LogP contribution in [0.2, 0.25) is 0 Å². The number of amides is 3. The first-order valence-electron chi connectivity index (χ1n) is 13.7. The summed E-state index contributed by atoms with van der Waals surface area (Å²) in [6.07, 6.45) is 4.83. The number of carbonyl (C=O) groups excluding carboxylic acids is 3. The van der Waals surface area contributed by atoms with Gasteiger partial charge in [-0.3, -0.25) is 9.59 Å². The Bertz CT molecular complexity index is 1110. The van der Waals surface area contributed by atoms with E-state index in [0.29, 0.717) is 11.6 Å². The second kappa shape index (κ2) is 12.0. The van der Waals surface area contributed by atoms with Gasteiger partial charge in [-0.25, -0.2) is 4.79 Å². The molecular weight excluding hydrogens is 484 g/mol. The second-order valence-electron chi connectivity index (χ2n) is 11.7. The fourth-order valence-electron chi connectivity index (χ4n) is 5.05. The molecule has 2 saturated carbocycles. The third-order valence-electron chi connectivity index (χ3n) is 7.00. The van der Waals surface area contributed by atoms with Crippen LogP contribution >= 0.6 is 0 Å². The minimum Gasteiger partial charge on any atom is -0.444 e. The van der Waals surface area contributed by atoms with E-state index in [1.807, 2.05) is 18.2 Å². The molecule has 9 heteroatoms. The van der Waals surface area contributed by atoms with Crippen molar-refractivity contribution in [2.45, 2.75) is 102 Å². The van der Waals surface area contributed by atoms with Crippen LogP contribution in [0.4, 0.5) is 4.79 Å². The lowest BCUT2D eigenvalue weighted by atomic mass is 9.78. The highest BCUT2D eigenvalue weighted by molar-refractivity contribution is 5.92. The maximum absolute atomic E-state index is 13.0. The van der Waals surface area contributed by atoms with E-state index in [9.17, 15) is 14.4 Å². The molecular formula is C29H40N4O5. The molecule has 2 fully saturated rings. The number of aromatic nitrogens is 1. The number of nitrogens with zero attached hydrogens (tertiary/aromatic N) is 1. The first-order chi connectivity index (χ1) is 18.1. The number of hydrogen-bond donors (Lipinski definition) is 3. The molecule has 1 heterocycles. The number of benzene rings is 1. The number of hydrogen-bond acceptors (Lipinski definition) is 6. The van der Waals surface area contributed by atoms with Crippen LogP contribution in [0.25, 0.3) is 0 Å². The monoisotopic (exact) mass is 524 g/mol. The van der Waals surface area contributed by atoms with Gasteiger partial charge in [-0.2, -0.15) is 0 Å². The van der Waals surface area contributed by atoms with Gasteiger partial charge in [0.25, 0.3) is 5.91 Å². The molecule has 2 aliphatic rings. The summed E-state index contributed by atoms with van der Waals surface area (Å²) in [5.41, 5.74) is 0.921. The quantitative estimate of drug-likeness (QED) is 0.445. The maximum Gasteiger partial charge on any atom is 0.407 e. The highest BCUT2D eigenvalue weighted by Crippen LogP contribution is 2.40. The van der Waals surface area contributed by atoms with Crippen molar-refractivity contribution < 1.29 is 23.6 Å². The summed E-state index contributed by atoms with van der Waals surface area (Å²) in [6.45, 7) is 7.18. The lowest BCUT2D eigenvalue weighted by Crippen LogP contribution is -2.50. The molecule has 0 saturated heterocycles. The number of alkyl carbamates (subject to hydrolysis) is 1. The second-order valence-corrected chi connectivity index (χ2v) is 11.7. The zero-order chi connectivity index (χ0) is 27.3. The molecule has 1 aromatic carbocycles. The van der Waals surface area contributed by atoms with Crippen molar-refractivity contribution in [3.8, 4) is 0 Å². The highest BCUT2D eigenvalue weighted by Gasteiger charge is 2.34. The molecule has 206 valence electrons. The predicted molar refractivity (Wildman–Crippen MR) is 143 cm³/mol. The Labute approximate surface area is 224 Å². The van der Waals surface area contributed by atoms with Crippen molar-refractivity contribution in [3.63, 3.8) is 0 Å². The van der Waals surface area contributed by atoms with Gasteiger partial charge in [-0.05, 0) is 77.7 Å². The SMILES string of the molecule is CC(CC(=O)N[C@@H]1CC[C@@H](NC(=O)c2cc(C3CC3)on2)[C@@H](Cc2ccccc2)C1)NC(=O)OC(C)(C)C. The largest absolute Gasteiger partial charge is 0.444 e. The summed E-state index contributed by atoms with van der Waals surface area (Å²) >= 11 is 0. The van der Waals surface area contributed by atoms with Crippen LogP contribution in [0.3, 0.4) is 0 Å². The van der Waals surface area contributed by atoms with Crippen molar-refractivity contribution in [2.24, 2.45) is 5.92 Å². The summed E-state index contributed by atoms with van der Waals surface area (Å²) in [5, 5.41) is 13.0. The van der Waals surface area contributed by atoms with Crippen molar-refractivity contribution in [1.82, 2.24) is 21.1 Å². The molecule has 0 bridgehead atoms. The fraction of sp³-hybridized carbons (Fsp3) is 0.586. The maximum atomic E-state index is 13.0. The molecule has 0 radical (unpaired) electrons. The summed E-state index contributed by atoms with van der Waals surface area (Å²) in [7, 11) is 0. The lowest BCUT2D eigenvalue weighted by Gasteiger charge is -2.37. The standard InChI is InChI=1S/C29H40N4O5/c1-18(30-28(36)37-29(2,3)4)14-26(34)31-22-12-13-23(21(16-22)15-19-8-6-5-7-9-19)32-27(35)24-17-25(38-33-24)20-10-11-20/h5-9,17-18,20-23H,10-16H2,1-4H3,(H,30,36)(H,31,34)(H,32,35)/t18?,21-,22+,23+/m0/s1. The van der Waals surface area contributed by atoms with E-state index in [2.05, 4.69) is 33.2 Å². The summed E-state index contributed by atoms with van der Waals surface area (Å²) < 4.78 is 10.6. The van der Waals surface area contributed by atoms with E-state index >= 15 is 0 Å². The summed E-state index contributed by atoms with van der Waals surface area (Å²) in [5.74, 6) is 1.00. The number of carbonyl (C=O) groups is 3. The number of rotatable bonds is 9. The van der Waals surface area contributed by atoms with Crippen molar-refractivity contribution in [1.29, 1.82) is 0 Å². The topological polar surface area (TPSA) is 123 Å². The molecule has 3 amide bonds. The van der Waals surface area contributed by atoms with Crippen LogP contribution in [-0.4, -0.2) is 46.8 Å². The Balaban J connectivity index is 1.33. The molecule has 2 aliphatic carbocycles. The Morgan fingerprint density at radius 3 is 2.50 bits per heavy atom. The van der Waals surface area contributed by atoms with Crippen LogP contribution in [0.15, 0.2) is 40.9 Å². The van der Waals surface area contributed by atoms with Gasteiger partial charge >= 0.3 is 6.09 Å². The van der Waals surface area contributed by atoms with Crippen molar-refractivity contribution in [3.05, 3.63) is 53.4 Å². The number of ether oxygens (including phenoxy) is 1. The van der Waals surface area contributed by atoms with Crippen LogP contribution in [0.1, 0.15) is 93.9 Å². The van der Waals surface area contributed by atoms with Gasteiger partial charge < -0.3 is 25.2 Å². The van der Waals surface area contributed by atoms with Gasteiger partial charge in [0, 0.05) is 36.5 Å². The average molecular weight is 525 g/mol. The van der Waals surface area contributed by atoms with Gasteiger partial charge in [-0.15, -0.1) is 0 Å². The van der Waals surface area contributed by atoms with Crippen LogP contribution in [0, 0.1) is 5.92 Å². The van der Waals surface area contributed by atoms with Gasteiger partial charge in [-0.1, -0.05) is 35.5 Å². The van der Waals surface area contributed by atoms with E-state index in [4.69, 9.17) is 9.26 Å². The smallest absolute Gasteiger partial charge is 0.407 e. The number of nitrogens with one attached hydrogen (secondary N) is 3. The highest BCUT2D eigenvalue weighted by atomic mass is 16.6. The van der Waals surface area contributed by atoms with Crippen molar-refractivity contribution in [2.75, 3.05) is 0 Å². The molecule has 0 spiro atoms. The van der Waals surface area contributed by atoms with Crippen LogP contribution in [0.5, 0.6) is 0 Å². The Hall–Kier alpha value is -3.36. The van der Waals surface area contributed by atoms with Gasteiger partial charge in [0.1, 0.15) is 11.4 Å². The molecule has 3 N–H and O–H groups in total. The van der Waals surface area contributed by atoms with Gasteiger partial charge in [0.05, 0.1) is 0 Å². The van der Waals surface area contributed by atoms with Crippen molar-refractivity contribution >= 4 is 17.9 Å². The van der Waals surface area contributed by atoms with Crippen LogP contribution in [-0.2, 0) is 16.0 Å². The van der Waals surface area contributed by atoms with Crippen LogP contribution < -0.4 is 16.0 Å². The predicted octanol–water partition coefficient (Wildman–Crippen LogP) is 4.48. The molecule has 0 aliphatic heterocycles. The van der Waals surface area contributed by atoms with E-state index in [-0.39, 0.29) is 42.3 Å². The Morgan fingerprint density at radius 1 is 1.08 bits per heavy atom. The molecule has 4 atom stereocenters. The zero-order valence-electron chi connectivity index (χ0n) is 22.8. The Kier molecular flexibility index (Phi) is 8.74. The van der Waals surface area contributed by atoms with E-state index in [1.54, 1.807) is 33.8 Å². The van der Waals surface area contributed by atoms with E-state index in [0.717, 1.165) is 44.3 Å². The van der Waals surface area contributed by atoms with E-state index < -0.39 is 11.7 Å². The molecule has 9 nitrogen and oxygen atoms in total. The van der Waals surface area contributed by atoms with E-state index in [1.165, 1.54) is 5.56 Å². The molecule has 2 aromatic rings. The van der Waals surface area contributed by atoms with Gasteiger partial charge in [0.15, 0.2) is 5.69 Å². The fourth-order valence-corrected chi connectivity index (χ4v) is 5.05. The first kappa shape index (κ1) is 27.7. The molecule has 1 aromatic heterocycles. The lowest BCUT2D eigenvalue weighted by molar-refractivity contribution is -0.122. The third kappa shape index (κ3) is 8.33.